The zero-order valence-corrected chi connectivity index (χ0v) is 68.2. The quantitative estimate of drug-likeness (QED) is 0.0357. The van der Waals surface area contributed by atoms with Crippen LogP contribution in [0.25, 0.3) is 54.9 Å². The number of benzene rings is 8. The van der Waals surface area contributed by atoms with Gasteiger partial charge in [0.1, 0.15) is 23.0 Å². The van der Waals surface area contributed by atoms with Crippen LogP contribution in [0, 0.1) is 23.7 Å². The molecule has 0 spiro atoms. The first-order valence-electron chi connectivity index (χ1n) is 45.5. The van der Waals surface area contributed by atoms with Gasteiger partial charge >= 0.3 is 0 Å². The summed E-state index contributed by atoms with van der Waals surface area (Å²) in [4.78, 5) is 0. The van der Waals surface area contributed by atoms with Crippen LogP contribution in [0.15, 0.2) is 158 Å². The Morgan fingerprint density at radius 3 is 0.741 bits per heavy atom. The van der Waals surface area contributed by atoms with Crippen molar-refractivity contribution in [1.82, 2.24) is 0 Å². The van der Waals surface area contributed by atoms with Crippen molar-refractivity contribution in [2.45, 2.75) is 334 Å². The number of hydrogen-bond donors (Lipinski definition) is 0. The predicted molar refractivity (Wildman–Crippen MR) is 463 cm³/mol. The molecule has 0 saturated heterocycles. The van der Waals surface area contributed by atoms with E-state index in [1.54, 1.807) is 0 Å². The summed E-state index contributed by atoms with van der Waals surface area (Å²) in [5.74, 6) is 10.6. The van der Waals surface area contributed by atoms with Gasteiger partial charge in [-0.15, -0.1) is 0 Å². The van der Waals surface area contributed by atoms with Crippen molar-refractivity contribution in [2.75, 3.05) is 26.4 Å². The van der Waals surface area contributed by atoms with Crippen molar-refractivity contribution in [3.8, 4) is 56.4 Å². The summed E-state index contributed by atoms with van der Waals surface area (Å²) in [6.07, 6.45) is 57.5. The van der Waals surface area contributed by atoms with Crippen LogP contribution < -0.4 is 18.9 Å². The zero-order chi connectivity index (χ0) is 74.2. The van der Waals surface area contributed by atoms with Crippen LogP contribution in [0.4, 0.5) is 0 Å². The molecule has 12 rings (SSSR count). The second kappa shape index (κ2) is 44.5. The lowest BCUT2D eigenvalue weighted by Gasteiger charge is -2.28. The van der Waals surface area contributed by atoms with Gasteiger partial charge in [0.05, 0.1) is 26.4 Å². The first kappa shape index (κ1) is 81.0. The fourth-order valence-corrected chi connectivity index (χ4v) is 20.1. The van der Waals surface area contributed by atoms with Crippen LogP contribution in [-0.4, -0.2) is 26.4 Å². The Hall–Kier alpha value is -6.52. The Labute approximate surface area is 656 Å². The molecular weight excluding hydrogens is 1310 g/mol. The molecule has 0 N–H and O–H groups in total. The molecular formula is C104H142O4. The molecule has 4 heteroatoms. The summed E-state index contributed by atoms with van der Waals surface area (Å²) < 4.78 is 26.7. The molecule has 0 aromatic heterocycles. The van der Waals surface area contributed by atoms with E-state index in [0.29, 0.717) is 25.0 Å². The maximum atomic E-state index is 7.14. The van der Waals surface area contributed by atoms with Gasteiger partial charge in [-0.2, -0.15) is 0 Å². The van der Waals surface area contributed by atoms with E-state index in [2.05, 4.69) is 185 Å². The van der Waals surface area contributed by atoms with E-state index in [1.165, 1.54) is 323 Å². The molecule has 4 nitrogen and oxygen atoms in total. The second-order valence-electron chi connectivity index (χ2n) is 34.6. The van der Waals surface area contributed by atoms with Crippen LogP contribution >= 0.6 is 0 Å². The van der Waals surface area contributed by atoms with Gasteiger partial charge in [0, 0.05) is 11.1 Å². The van der Waals surface area contributed by atoms with Crippen molar-refractivity contribution in [3.63, 3.8) is 0 Å². The molecule has 108 heavy (non-hydrogen) atoms. The lowest BCUT2D eigenvalue weighted by Crippen LogP contribution is -2.13. The number of hydrogen-bond acceptors (Lipinski definition) is 4. The number of ether oxygens (including phenoxy) is 4. The highest BCUT2D eigenvalue weighted by Gasteiger charge is 2.27. The Morgan fingerprint density at radius 1 is 0.231 bits per heavy atom. The molecule has 0 amide bonds. The molecule has 582 valence electrons. The third kappa shape index (κ3) is 24.2. The summed E-state index contributed by atoms with van der Waals surface area (Å²) in [5.41, 5.74) is 13.5. The fraction of sp³-hybridized carbons (Fsp3) is 0.577. The van der Waals surface area contributed by atoms with Gasteiger partial charge in [0.25, 0.3) is 0 Å². The predicted octanol–water partition coefficient (Wildman–Crippen LogP) is 32.0. The third-order valence-electron chi connectivity index (χ3n) is 26.7. The minimum Gasteiger partial charge on any atom is -0.494 e. The summed E-state index contributed by atoms with van der Waals surface area (Å²) in [6, 6.07) is 61.1. The lowest BCUT2D eigenvalue weighted by atomic mass is 9.77. The SMILES string of the molecule is CCCC1CCC(c2ccc(OCCCCCCCCCCCCOc3ccc4cc(-c5ccc(C6CCC(CCC)CC6)cc5)ccc4c3-c3c(OCCCCCCCCCCCCOc4ccc(C5CCC(CCC)CC5)cc4)ccc4cc(-c5ccc(C6CCC(CCC)CC6)cc5)ccc34)cc2)CC1. The zero-order valence-electron chi connectivity index (χ0n) is 68.2. The minimum absolute atomic E-state index is 0.682. The highest BCUT2D eigenvalue weighted by molar-refractivity contribution is 6.11. The standard InChI is InChI=1S/C104H142O4/c1-5-29-79-33-41-83(42-34-79)87-49-53-91(54-50-87)93-61-69-99-95(77-93)63-71-101(107-75-27-23-19-15-11-9-13-17-21-25-73-105-97-65-57-89(58-66-97)85-45-37-81(31-7-3)38-46-85)103(99)104-100-70-62-94(92-55-51-88(52-56-92)84-43-35-80(30-6-2)36-44-84)78-96(100)64-72-102(104)108-76-28-24-20-16-12-10-14-18-22-26-74-106-98-67-59-90(60-68-98)86-47-39-82(32-8-4)40-48-86/h49-72,77-86H,5-48,73-76H2,1-4H3. The van der Waals surface area contributed by atoms with Crippen molar-refractivity contribution < 1.29 is 18.9 Å². The first-order valence-corrected chi connectivity index (χ1v) is 45.5. The van der Waals surface area contributed by atoms with E-state index >= 15 is 0 Å². The molecule has 0 heterocycles. The van der Waals surface area contributed by atoms with Crippen molar-refractivity contribution in [3.05, 3.63) is 180 Å². The van der Waals surface area contributed by atoms with E-state index in [0.717, 1.165) is 109 Å². The van der Waals surface area contributed by atoms with Crippen molar-refractivity contribution >= 4 is 21.5 Å². The minimum atomic E-state index is 0.682. The van der Waals surface area contributed by atoms with E-state index in [1.807, 2.05) is 0 Å². The van der Waals surface area contributed by atoms with Gasteiger partial charge in [0.2, 0.25) is 0 Å². The van der Waals surface area contributed by atoms with E-state index in [9.17, 15) is 0 Å². The van der Waals surface area contributed by atoms with Crippen molar-refractivity contribution in [1.29, 1.82) is 0 Å². The Bertz CT molecular complexity index is 3560. The highest BCUT2D eigenvalue weighted by Crippen LogP contribution is 2.49. The lowest BCUT2D eigenvalue weighted by molar-refractivity contribution is 0.300. The molecule has 0 unspecified atom stereocenters. The molecule has 0 bridgehead atoms. The Morgan fingerprint density at radius 2 is 0.472 bits per heavy atom. The monoisotopic (exact) mass is 1460 g/mol. The molecule has 0 aliphatic heterocycles. The summed E-state index contributed by atoms with van der Waals surface area (Å²) in [7, 11) is 0. The first-order chi connectivity index (χ1) is 53.4. The summed E-state index contributed by atoms with van der Waals surface area (Å²) >= 11 is 0. The fourth-order valence-electron chi connectivity index (χ4n) is 20.1. The van der Waals surface area contributed by atoms with E-state index < -0.39 is 0 Å². The molecule has 4 saturated carbocycles. The average molecular weight is 1460 g/mol. The van der Waals surface area contributed by atoms with Crippen molar-refractivity contribution in [2.24, 2.45) is 23.7 Å². The van der Waals surface area contributed by atoms with E-state index in [-0.39, 0.29) is 0 Å². The molecule has 8 aromatic carbocycles. The Balaban J connectivity index is 0.663. The largest absolute Gasteiger partial charge is 0.494 e. The maximum Gasteiger partial charge on any atom is 0.127 e. The van der Waals surface area contributed by atoms with Crippen LogP contribution in [0.1, 0.15) is 356 Å². The van der Waals surface area contributed by atoms with Crippen LogP contribution in [0.3, 0.4) is 0 Å². The normalized spacial score (nSPS) is 20.4. The number of rotatable bonds is 45. The second-order valence-corrected chi connectivity index (χ2v) is 34.6. The summed E-state index contributed by atoms with van der Waals surface area (Å²) in [5, 5.41) is 4.90. The number of fused-ring (bicyclic) bond motifs is 2. The van der Waals surface area contributed by atoms with E-state index in [4.69, 9.17) is 18.9 Å². The van der Waals surface area contributed by atoms with Crippen LogP contribution in [0.2, 0.25) is 0 Å². The van der Waals surface area contributed by atoms with Gasteiger partial charge < -0.3 is 18.9 Å². The molecule has 0 radical (unpaired) electrons. The van der Waals surface area contributed by atoms with Gasteiger partial charge in [-0.3, -0.25) is 0 Å². The third-order valence-corrected chi connectivity index (χ3v) is 26.7. The molecule has 8 aromatic rings. The maximum absolute atomic E-state index is 7.14. The summed E-state index contributed by atoms with van der Waals surface area (Å²) in [6.45, 7) is 12.4. The van der Waals surface area contributed by atoms with Crippen LogP contribution in [0.5, 0.6) is 23.0 Å². The average Bonchev–Trinajstić information content (AvgIpc) is 0.745. The highest BCUT2D eigenvalue weighted by atomic mass is 16.5. The van der Waals surface area contributed by atoms with Gasteiger partial charge in [0.15, 0.2) is 0 Å². The van der Waals surface area contributed by atoms with Gasteiger partial charge in [-0.25, -0.2) is 0 Å². The molecule has 0 atom stereocenters. The smallest absolute Gasteiger partial charge is 0.127 e. The number of unbranched alkanes of at least 4 members (excludes halogenated alkanes) is 18. The topological polar surface area (TPSA) is 36.9 Å². The van der Waals surface area contributed by atoms with Gasteiger partial charge in [-0.1, -0.05) is 291 Å². The molecule has 4 aliphatic rings. The van der Waals surface area contributed by atoms with Crippen LogP contribution in [-0.2, 0) is 0 Å². The molecule has 4 aliphatic carbocycles. The van der Waals surface area contributed by atoms with Gasteiger partial charge in [-0.05, 0) is 290 Å². The Kier molecular flexibility index (Phi) is 33.4. The molecule has 4 fully saturated rings.